The zero-order valence-electron chi connectivity index (χ0n) is 47.4. The Bertz CT molecular complexity index is 1290. The largest absolute Gasteiger partial charge is 0.550 e. The van der Waals surface area contributed by atoms with Gasteiger partial charge in [-0.25, -0.2) is 0 Å². The highest BCUT2D eigenvalue weighted by molar-refractivity contribution is 5.64. The monoisotopic (exact) mass is 977 g/mol. The third kappa shape index (κ3) is 51.6. The van der Waals surface area contributed by atoms with Crippen molar-refractivity contribution in [3.8, 4) is 0 Å². The van der Waals surface area contributed by atoms with E-state index in [0.29, 0.717) is 0 Å². The Morgan fingerprint density at radius 2 is 0.557 bits per heavy atom. The third-order valence-electron chi connectivity index (χ3n) is 14.1. The molecule has 0 atom stereocenters. The molecule has 0 aliphatic carbocycles. The minimum atomic E-state index is -0.903. The Balaban J connectivity index is 0.00000106. The summed E-state index contributed by atoms with van der Waals surface area (Å²) in [6.45, 7) is 9.32. The van der Waals surface area contributed by atoms with Gasteiger partial charge in [0.05, 0.1) is 41.3 Å². The van der Waals surface area contributed by atoms with E-state index < -0.39 is 11.9 Å². The topological polar surface area (TPSA) is 80.3 Å². The van der Waals surface area contributed by atoms with Gasteiger partial charge in [0.25, 0.3) is 0 Å². The van der Waals surface area contributed by atoms with Crippen LogP contribution in [-0.4, -0.2) is 62.2 Å². The fourth-order valence-corrected chi connectivity index (χ4v) is 9.68. The van der Waals surface area contributed by atoms with Crippen molar-refractivity contribution < 1.29 is 28.8 Å². The van der Waals surface area contributed by atoms with Crippen LogP contribution in [0.15, 0.2) is 60.7 Å². The van der Waals surface area contributed by atoms with Gasteiger partial charge in [-0.15, -0.1) is 0 Å². The molecule has 0 N–H and O–H groups in total. The highest BCUT2D eigenvalue weighted by atomic mass is 16.4. The SMILES string of the molecule is CCCCCCCCCCCCCCCCCC(=O)[O-].CCCCCCCCCCCCCCCCCC(=O)[O-].C[N+](C)(C)CCCCCCCCCC[N+](C)(Cc1ccccc1)Cc1ccccc1. The zero-order valence-corrected chi connectivity index (χ0v) is 47.4. The molecular formula is C64H116N2O4. The summed E-state index contributed by atoms with van der Waals surface area (Å²) >= 11 is 0. The summed E-state index contributed by atoms with van der Waals surface area (Å²) in [4.78, 5) is 20.4. The van der Waals surface area contributed by atoms with Crippen molar-refractivity contribution in [3.63, 3.8) is 0 Å². The molecule has 2 aromatic carbocycles. The molecule has 6 nitrogen and oxygen atoms in total. The summed E-state index contributed by atoms with van der Waals surface area (Å²) in [6.07, 6.45) is 50.8. The lowest BCUT2D eigenvalue weighted by atomic mass is 10.0. The molecule has 0 spiro atoms. The molecule has 0 bridgehead atoms. The molecular weight excluding hydrogens is 861 g/mol. The second kappa shape index (κ2) is 49.9. The zero-order chi connectivity index (χ0) is 51.5. The second-order valence-corrected chi connectivity index (χ2v) is 22.6. The Hall–Kier alpha value is -2.70. The number of quaternary nitrogens is 2. The van der Waals surface area contributed by atoms with Gasteiger partial charge in [-0.3, -0.25) is 0 Å². The summed E-state index contributed by atoms with van der Waals surface area (Å²) in [5.74, 6) is -1.81. The van der Waals surface area contributed by atoms with E-state index in [-0.39, 0.29) is 12.8 Å². The second-order valence-electron chi connectivity index (χ2n) is 22.6. The van der Waals surface area contributed by atoms with E-state index in [2.05, 4.69) is 103 Å². The normalized spacial score (nSPS) is 11.5. The molecule has 70 heavy (non-hydrogen) atoms. The number of carbonyl (C=O) groups is 2. The van der Waals surface area contributed by atoms with Gasteiger partial charge < -0.3 is 28.8 Å². The van der Waals surface area contributed by atoms with Crippen LogP contribution in [0.5, 0.6) is 0 Å². The van der Waals surface area contributed by atoms with Gasteiger partial charge in [-0.2, -0.15) is 0 Å². The van der Waals surface area contributed by atoms with Gasteiger partial charge >= 0.3 is 0 Å². The van der Waals surface area contributed by atoms with E-state index in [0.717, 1.165) is 47.7 Å². The number of nitrogens with zero attached hydrogens (tertiary/aromatic N) is 2. The molecule has 0 saturated carbocycles. The Kier molecular flexibility index (Phi) is 47.9. The molecule has 0 fully saturated rings. The van der Waals surface area contributed by atoms with Crippen LogP contribution in [0, 0.1) is 0 Å². The van der Waals surface area contributed by atoms with Crippen LogP contribution in [0.2, 0.25) is 0 Å². The molecule has 406 valence electrons. The van der Waals surface area contributed by atoms with Crippen LogP contribution < -0.4 is 10.2 Å². The first kappa shape index (κ1) is 67.3. The first-order chi connectivity index (χ1) is 33.9. The molecule has 0 saturated heterocycles. The molecule has 0 aliphatic heterocycles. The average molecular weight is 978 g/mol. The summed E-state index contributed by atoms with van der Waals surface area (Å²) < 4.78 is 2.20. The first-order valence-corrected chi connectivity index (χ1v) is 30.0. The van der Waals surface area contributed by atoms with Gasteiger partial charge in [0.15, 0.2) is 0 Å². The smallest absolute Gasteiger partial charge is 0.104 e. The maximum Gasteiger partial charge on any atom is 0.104 e. The quantitative estimate of drug-likeness (QED) is 0.0489. The fourth-order valence-electron chi connectivity index (χ4n) is 9.68. The summed E-state index contributed by atoms with van der Waals surface area (Å²) in [5, 5.41) is 20.4. The van der Waals surface area contributed by atoms with Crippen molar-refractivity contribution in [2.24, 2.45) is 0 Å². The maximum absolute atomic E-state index is 10.2. The highest BCUT2D eigenvalue weighted by Gasteiger charge is 2.22. The molecule has 0 aromatic heterocycles. The molecule has 6 heteroatoms. The van der Waals surface area contributed by atoms with Crippen LogP contribution in [0.25, 0.3) is 0 Å². The molecule has 0 heterocycles. The van der Waals surface area contributed by atoms with Crippen LogP contribution in [-0.2, 0) is 22.7 Å². The van der Waals surface area contributed by atoms with Gasteiger partial charge in [0.1, 0.15) is 13.1 Å². The Labute approximate surface area is 435 Å². The number of carbonyl (C=O) groups excluding carboxylic acids is 2. The minimum Gasteiger partial charge on any atom is -0.550 e. The van der Waals surface area contributed by atoms with Crippen molar-refractivity contribution >= 4 is 11.9 Å². The summed E-state index contributed by atoms with van der Waals surface area (Å²) in [7, 11) is 9.32. The number of carboxylic acid groups (broad SMARTS) is 2. The minimum absolute atomic E-state index is 0.234. The van der Waals surface area contributed by atoms with Crippen LogP contribution in [0.1, 0.15) is 282 Å². The van der Waals surface area contributed by atoms with Gasteiger partial charge in [0.2, 0.25) is 0 Å². The lowest BCUT2D eigenvalue weighted by Crippen LogP contribution is -2.43. The van der Waals surface area contributed by atoms with Crippen molar-refractivity contribution in [1.82, 2.24) is 0 Å². The number of aliphatic carboxylic acids is 2. The maximum atomic E-state index is 10.2. The molecule has 2 rings (SSSR count). The van der Waals surface area contributed by atoms with Crippen LogP contribution >= 0.6 is 0 Å². The van der Waals surface area contributed by atoms with E-state index in [4.69, 9.17) is 0 Å². The number of benzene rings is 2. The number of rotatable bonds is 47. The lowest BCUT2D eigenvalue weighted by Gasteiger charge is -2.35. The van der Waals surface area contributed by atoms with Crippen molar-refractivity contribution in [1.29, 1.82) is 0 Å². The van der Waals surface area contributed by atoms with Gasteiger partial charge in [0, 0.05) is 23.1 Å². The molecule has 0 radical (unpaired) electrons. The lowest BCUT2D eigenvalue weighted by molar-refractivity contribution is -0.935. The molecule has 0 unspecified atom stereocenters. The number of hydrogen-bond donors (Lipinski definition) is 0. The summed E-state index contributed by atoms with van der Waals surface area (Å²) in [6, 6.07) is 22.0. The van der Waals surface area contributed by atoms with E-state index >= 15 is 0 Å². The van der Waals surface area contributed by atoms with Crippen molar-refractivity contribution in [3.05, 3.63) is 71.8 Å². The van der Waals surface area contributed by atoms with Crippen LogP contribution in [0.4, 0.5) is 0 Å². The van der Waals surface area contributed by atoms with E-state index in [1.165, 1.54) is 243 Å². The molecule has 0 amide bonds. The van der Waals surface area contributed by atoms with Crippen molar-refractivity contribution in [2.75, 3.05) is 41.3 Å². The van der Waals surface area contributed by atoms with Gasteiger partial charge in [-0.1, -0.05) is 280 Å². The Morgan fingerprint density at radius 1 is 0.329 bits per heavy atom. The predicted octanol–water partition coefficient (Wildman–Crippen LogP) is 16.7. The fraction of sp³-hybridized carbons (Fsp3) is 0.781. The third-order valence-corrected chi connectivity index (χ3v) is 14.1. The summed E-state index contributed by atoms with van der Waals surface area (Å²) in [5.41, 5.74) is 2.90. The van der Waals surface area contributed by atoms with E-state index in [1.807, 2.05) is 0 Å². The van der Waals surface area contributed by atoms with E-state index in [1.54, 1.807) is 0 Å². The number of unbranched alkanes of at least 4 members (excludes halogenated alkanes) is 35. The van der Waals surface area contributed by atoms with Crippen LogP contribution in [0.3, 0.4) is 0 Å². The first-order valence-electron chi connectivity index (χ1n) is 30.0. The average Bonchev–Trinajstić information content (AvgIpc) is 3.32. The predicted molar refractivity (Wildman–Crippen MR) is 300 cm³/mol. The molecule has 2 aromatic rings. The number of carboxylic acids is 2. The van der Waals surface area contributed by atoms with Gasteiger partial charge in [-0.05, 0) is 51.4 Å². The number of hydrogen-bond acceptors (Lipinski definition) is 4. The highest BCUT2D eigenvalue weighted by Crippen LogP contribution is 2.21. The van der Waals surface area contributed by atoms with Crippen molar-refractivity contribution in [2.45, 2.75) is 284 Å². The molecule has 0 aliphatic rings. The standard InChI is InChI=1S/C28H46N2.2C18H36O2/c1-29(2,3)23-17-9-7-5-6-8-10-18-24-30(4,25-27-19-13-11-14-20-27)26-28-21-15-12-16-22-28;2*1-2-3-4-5-6-7-8-9-10-11-12-13-14-15-16-17-18(19)20/h11-16,19-22H,5-10,17-18,23-26H2,1-4H3;2*2-17H2,1H3,(H,19,20)/q+2;;/p-2. The Morgan fingerprint density at radius 3 is 0.800 bits per heavy atom. The van der Waals surface area contributed by atoms with E-state index in [9.17, 15) is 19.8 Å².